The van der Waals surface area contributed by atoms with Crippen LogP contribution in [0.1, 0.15) is 26.1 Å². The van der Waals surface area contributed by atoms with E-state index in [2.05, 4.69) is 32.6 Å². The fraction of sp³-hybridized carbons (Fsp3) is 0.471. The average molecular weight is 365 g/mol. The zero-order valence-corrected chi connectivity index (χ0v) is 15.6. The molecular weight excluding hydrogens is 340 g/mol. The zero-order chi connectivity index (χ0) is 18.1. The number of aryl methyl sites for hydroxylation is 1. The quantitative estimate of drug-likeness (QED) is 0.555. The number of ether oxygens (including phenoxy) is 1. The molecule has 1 atom stereocenters. The van der Waals surface area contributed by atoms with E-state index in [9.17, 15) is 0 Å². The standard InChI is InChI=1S/C17H25ClN6O/c1-4-13(25-15-9-7-6-8-14(15)18)10-20-17(19-5-2)21-11-16-22-12-23-24(16)3/h6-9,12-13H,4-5,10-11H2,1-3H3,(H2,19,20,21). The van der Waals surface area contributed by atoms with Gasteiger partial charge in [0.25, 0.3) is 0 Å². The molecule has 0 saturated carbocycles. The second-order valence-electron chi connectivity index (χ2n) is 5.45. The van der Waals surface area contributed by atoms with Crippen molar-refractivity contribution in [3.63, 3.8) is 0 Å². The van der Waals surface area contributed by atoms with Gasteiger partial charge in [-0.2, -0.15) is 5.10 Å². The molecule has 25 heavy (non-hydrogen) atoms. The highest BCUT2D eigenvalue weighted by molar-refractivity contribution is 6.32. The van der Waals surface area contributed by atoms with E-state index in [1.54, 1.807) is 4.68 Å². The van der Waals surface area contributed by atoms with Crippen LogP contribution in [0.4, 0.5) is 0 Å². The number of para-hydroxylation sites is 1. The molecule has 0 radical (unpaired) electrons. The summed E-state index contributed by atoms with van der Waals surface area (Å²) in [6.45, 7) is 5.94. The van der Waals surface area contributed by atoms with Gasteiger partial charge in [-0.3, -0.25) is 4.68 Å². The Balaban J connectivity index is 1.94. The van der Waals surface area contributed by atoms with E-state index in [0.29, 0.717) is 29.8 Å². The molecule has 7 nitrogen and oxygen atoms in total. The number of aromatic nitrogens is 3. The third-order valence-corrected chi connectivity index (χ3v) is 3.92. The lowest BCUT2D eigenvalue weighted by atomic mass is 10.2. The maximum atomic E-state index is 6.16. The van der Waals surface area contributed by atoms with E-state index in [0.717, 1.165) is 18.8 Å². The largest absolute Gasteiger partial charge is 0.487 e. The molecule has 1 aromatic heterocycles. The van der Waals surface area contributed by atoms with Crippen molar-refractivity contribution in [3.8, 4) is 5.75 Å². The fourth-order valence-electron chi connectivity index (χ4n) is 2.15. The summed E-state index contributed by atoms with van der Waals surface area (Å²) in [4.78, 5) is 8.71. The van der Waals surface area contributed by atoms with Crippen molar-refractivity contribution in [2.75, 3.05) is 13.1 Å². The molecule has 0 amide bonds. The van der Waals surface area contributed by atoms with Gasteiger partial charge in [-0.15, -0.1) is 0 Å². The van der Waals surface area contributed by atoms with Crippen molar-refractivity contribution in [2.45, 2.75) is 32.9 Å². The van der Waals surface area contributed by atoms with Gasteiger partial charge in [0, 0.05) is 13.6 Å². The molecule has 0 fully saturated rings. The zero-order valence-electron chi connectivity index (χ0n) is 14.9. The molecule has 0 aliphatic heterocycles. The molecule has 2 aromatic rings. The van der Waals surface area contributed by atoms with Crippen LogP contribution >= 0.6 is 11.6 Å². The Bertz CT molecular complexity index is 687. The predicted octanol–water partition coefficient (Wildman–Crippen LogP) is 2.38. The maximum Gasteiger partial charge on any atom is 0.191 e. The van der Waals surface area contributed by atoms with Crippen molar-refractivity contribution in [2.24, 2.45) is 12.0 Å². The Kier molecular flexibility index (Phi) is 7.53. The van der Waals surface area contributed by atoms with E-state index in [-0.39, 0.29) is 6.10 Å². The van der Waals surface area contributed by atoms with Crippen LogP contribution in [0.5, 0.6) is 5.75 Å². The lowest BCUT2D eigenvalue weighted by Gasteiger charge is -2.20. The number of hydrogen-bond donors (Lipinski definition) is 2. The van der Waals surface area contributed by atoms with Crippen LogP contribution in [0.3, 0.4) is 0 Å². The Morgan fingerprint density at radius 2 is 2.12 bits per heavy atom. The van der Waals surface area contributed by atoms with Gasteiger partial charge in [0.2, 0.25) is 0 Å². The molecule has 136 valence electrons. The summed E-state index contributed by atoms with van der Waals surface area (Å²) in [5, 5.41) is 11.2. The summed E-state index contributed by atoms with van der Waals surface area (Å²) in [5.74, 6) is 2.21. The number of rotatable bonds is 8. The molecule has 0 spiro atoms. The summed E-state index contributed by atoms with van der Waals surface area (Å²) in [7, 11) is 1.85. The maximum absolute atomic E-state index is 6.16. The van der Waals surface area contributed by atoms with Crippen LogP contribution in [0.2, 0.25) is 5.02 Å². The highest BCUT2D eigenvalue weighted by Crippen LogP contribution is 2.24. The summed E-state index contributed by atoms with van der Waals surface area (Å²) in [6.07, 6.45) is 2.36. The Hall–Kier alpha value is -2.28. The molecule has 1 heterocycles. The van der Waals surface area contributed by atoms with Crippen LogP contribution in [0.15, 0.2) is 35.6 Å². The fourth-order valence-corrected chi connectivity index (χ4v) is 2.33. The van der Waals surface area contributed by atoms with Gasteiger partial charge < -0.3 is 15.4 Å². The normalized spacial score (nSPS) is 12.7. The summed E-state index contributed by atoms with van der Waals surface area (Å²) >= 11 is 6.16. The monoisotopic (exact) mass is 364 g/mol. The molecule has 2 N–H and O–H groups in total. The predicted molar refractivity (Wildman–Crippen MR) is 100.0 cm³/mol. The Labute approximate surface area is 153 Å². The summed E-state index contributed by atoms with van der Waals surface area (Å²) < 4.78 is 7.70. The number of hydrogen-bond acceptors (Lipinski definition) is 4. The first kappa shape index (κ1) is 19.1. The van der Waals surface area contributed by atoms with Crippen LogP contribution < -0.4 is 15.4 Å². The van der Waals surface area contributed by atoms with Crippen molar-refractivity contribution in [1.29, 1.82) is 0 Å². The third kappa shape index (κ3) is 5.94. The van der Waals surface area contributed by atoms with Gasteiger partial charge in [-0.25, -0.2) is 9.98 Å². The lowest BCUT2D eigenvalue weighted by molar-refractivity contribution is 0.199. The first-order valence-corrected chi connectivity index (χ1v) is 8.78. The first-order chi connectivity index (χ1) is 12.1. The third-order valence-electron chi connectivity index (χ3n) is 3.61. The van der Waals surface area contributed by atoms with Crippen LogP contribution in [-0.2, 0) is 13.6 Å². The molecule has 1 aromatic carbocycles. The Morgan fingerprint density at radius 1 is 1.32 bits per heavy atom. The molecule has 2 rings (SSSR count). The van der Waals surface area contributed by atoms with Crippen molar-refractivity contribution in [1.82, 2.24) is 25.4 Å². The van der Waals surface area contributed by atoms with Crippen molar-refractivity contribution < 1.29 is 4.74 Å². The highest BCUT2D eigenvalue weighted by atomic mass is 35.5. The summed E-state index contributed by atoms with van der Waals surface area (Å²) in [5.41, 5.74) is 0. The van der Waals surface area contributed by atoms with Gasteiger partial charge >= 0.3 is 0 Å². The van der Waals surface area contributed by atoms with E-state index < -0.39 is 0 Å². The number of benzene rings is 1. The van der Waals surface area contributed by atoms with Gasteiger partial charge in [0.15, 0.2) is 5.96 Å². The van der Waals surface area contributed by atoms with Crippen LogP contribution in [0, 0.1) is 0 Å². The first-order valence-electron chi connectivity index (χ1n) is 8.40. The van der Waals surface area contributed by atoms with Crippen LogP contribution in [-0.4, -0.2) is 39.9 Å². The summed E-state index contributed by atoms with van der Waals surface area (Å²) in [6, 6.07) is 7.49. The molecule has 8 heteroatoms. The lowest BCUT2D eigenvalue weighted by Crippen LogP contribution is -2.42. The smallest absolute Gasteiger partial charge is 0.191 e. The Morgan fingerprint density at radius 3 is 2.76 bits per heavy atom. The minimum atomic E-state index is -0.0152. The van der Waals surface area contributed by atoms with Crippen molar-refractivity contribution in [3.05, 3.63) is 41.4 Å². The van der Waals surface area contributed by atoms with E-state index >= 15 is 0 Å². The number of aliphatic imine (C=N–C) groups is 1. The van der Waals surface area contributed by atoms with Crippen LogP contribution in [0.25, 0.3) is 0 Å². The topological polar surface area (TPSA) is 76.4 Å². The van der Waals surface area contributed by atoms with E-state index in [1.165, 1.54) is 6.33 Å². The highest BCUT2D eigenvalue weighted by Gasteiger charge is 2.11. The molecule has 0 aliphatic carbocycles. The van der Waals surface area contributed by atoms with Gasteiger partial charge in [0.05, 0.1) is 11.6 Å². The number of nitrogens with zero attached hydrogens (tertiary/aromatic N) is 4. The average Bonchev–Trinajstić information content (AvgIpc) is 3.02. The molecule has 0 bridgehead atoms. The molecular formula is C17H25ClN6O. The SMILES string of the molecule is CCNC(=NCc1ncnn1C)NCC(CC)Oc1ccccc1Cl. The van der Waals surface area contributed by atoms with E-state index in [4.69, 9.17) is 16.3 Å². The molecule has 0 saturated heterocycles. The second kappa shape index (κ2) is 9.88. The minimum absolute atomic E-state index is 0.0152. The molecule has 0 aliphatic rings. The van der Waals surface area contributed by atoms with Crippen molar-refractivity contribution >= 4 is 17.6 Å². The second-order valence-corrected chi connectivity index (χ2v) is 5.86. The minimum Gasteiger partial charge on any atom is -0.487 e. The van der Waals surface area contributed by atoms with Gasteiger partial charge in [0.1, 0.15) is 30.5 Å². The van der Waals surface area contributed by atoms with E-state index in [1.807, 2.05) is 38.2 Å². The van der Waals surface area contributed by atoms with Gasteiger partial charge in [-0.1, -0.05) is 30.7 Å². The molecule has 1 unspecified atom stereocenters. The number of guanidine groups is 1. The number of halogens is 1. The number of nitrogens with one attached hydrogen (secondary N) is 2. The van der Waals surface area contributed by atoms with Gasteiger partial charge in [-0.05, 0) is 25.5 Å².